The molecule has 1 fully saturated rings. The number of amidine groups is 2. The largest absolute Gasteiger partial charge is 0.442 e. The summed E-state index contributed by atoms with van der Waals surface area (Å²) in [6.45, 7) is 1.20. The molecule has 0 aromatic carbocycles. The van der Waals surface area contributed by atoms with Gasteiger partial charge in [0, 0.05) is 7.05 Å². The first-order valence-corrected chi connectivity index (χ1v) is 8.11. The number of rotatable bonds is 1. The number of nitrogens with zero attached hydrogens (tertiary/aromatic N) is 5. The van der Waals surface area contributed by atoms with Gasteiger partial charge in [-0.2, -0.15) is 4.99 Å². The molecule has 0 spiro atoms. The van der Waals surface area contributed by atoms with Crippen LogP contribution in [0.25, 0.3) is 0 Å². The molecule has 1 aromatic heterocycles. The first-order chi connectivity index (χ1) is 11.5. The fourth-order valence-corrected chi connectivity index (χ4v) is 3.10. The molecule has 0 aliphatic carbocycles. The van der Waals surface area contributed by atoms with E-state index in [1.807, 2.05) is 15.9 Å². The number of halogens is 1. The van der Waals surface area contributed by atoms with E-state index in [1.54, 1.807) is 6.20 Å². The number of ether oxygens (including phenoxy) is 1. The predicted molar refractivity (Wildman–Crippen MR) is 89.7 cm³/mol. The Hall–Kier alpha value is -2.49. The number of alkyl carbamates (subject to hydrolysis) is 1. The molecule has 1 N–H and O–H groups in total. The highest BCUT2D eigenvalue weighted by atomic mass is 79.9. The van der Waals surface area contributed by atoms with Gasteiger partial charge >= 0.3 is 6.09 Å². The molecular weight excluding hydrogens is 380 g/mol. The third-order valence-corrected chi connectivity index (χ3v) is 4.38. The average Bonchev–Trinajstić information content (AvgIpc) is 2.92. The molecule has 24 heavy (non-hydrogen) atoms. The Kier molecular flexibility index (Phi) is 3.48. The van der Waals surface area contributed by atoms with Gasteiger partial charge in [-0.15, -0.1) is 0 Å². The van der Waals surface area contributed by atoms with Crippen molar-refractivity contribution < 1.29 is 14.3 Å². The van der Waals surface area contributed by atoms with Crippen molar-refractivity contribution in [1.29, 1.82) is 0 Å². The number of aliphatic imine (C=N–C) groups is 2. The fourth-order valence-electron chi connectivity index (χ4n) is 2.78. The van der Waals surface area contributed by atoms with Crippen molar-refractivity contribution in [2.75, 3.05) is 31.6 Å². The SMILES string of the molecule is CNC(=O)OC1CN(C2=Nc3cnc(Br)cc3N3CC(=O)N=C23)C1. The van der Waals surface area contributed by atoms with Gasteiger partial charge in [0.25, 0.3) is 5.91 Å². The quantitative estimate of drug-likeness (QED) is 0.705. The van der Waals surface area contributed by atoms with E-state index >= 15 is 0 Å². The summed E-state index contributed by atoms with van der Waals surface area (Å²) in [7, 11) is 1.52. The molecule has 3 aliphatic heterocycles. The minimum atomic E-state index is -0.459. The maximum atomic E-state index is 11.8. The second-order valence-corrected chi connectivity index (χ2v) is 6.34. The standard InChI is InChI=1S/C14H13BrN6O3/c1-16-14(23)24-7-4-20(5-7)12-13-19-11(22)6-21(13)9-2-10(15)17-3-8(9)18-12/h2-3,7H,4-6H2,1H3,(H,16,23). The Morgan fingerprint density at radius 2 is 2.17 bits per heavy atom. The van der Waals surface area contributed by atoms with Crippen molar-refractivity contribution in [3.05, 3.63) is 16.9 Å². The van der Waals surface area contributed by atoms with E-state index < -0.39 is 6.09 Å². The van der Waals surface area contributed by atoms with Gasteiger partial charge in [-0.1, -0.05) is 0 Å². The highest BCUT2D eigenvalue weighted by Crippen LogP contribution is 2.36. The van der Waals surface area contributed by atoms with E-state index in [4.69, 9.17) is 4.74 Å². The Bertz CT molecular complexity index is 802. The molecule has 0 bridgehead atoms. The molecule has 0 atom stereocenters. The first-order valence-electron chi connectivity index (χ1n) is 7.32. The van der Waals surface area contributed by atoms with E-state index in [9.17, 15) is 9.59 Å². The van der Waals surface area contributed by atoms with Gasteiger partial charge < -0.3 is 19.9 Å². The molecule has 4 heterocycles. The van der Waals surface area contributed by atoms with Gasteiger partial charge in [0.1, 0.15) is 22.9 Å². The number of nitrogens with one attached hydrogen (secondary N) is 1. The van der Waals surface area contributed by atoms with Crippen LogP contribution in [0.15, 0.2) is 26.9 Å². The van der Waals surface area contributed by atoms with Gasteiger partial charge in [0.15, 0.2) is 11.7 Å². The summed E-state index contributed by atoms with van der Waals surface area (Å²) < 4.78 is 5.86. The van der Waals surface area contributed by atoms with E-state index in [0.29, 0.717) is 35.1 Å². The number of carbonyl (C=O) groups is 2. The van der Waals surface area contributed by atoms with Gasteiger partial charge in [0.2, 0.25) is 0 Å². The number of anilines is 1. The number of fused-ring (bicyclic) bond motifs is 3. The monoisotopic (exact) mass is 392 g/mol. The lowest BCUT2D eigenvalue weighted by molar-refractivity contribution is -0.115. The molecule has 3 aliphatic rings. The Labute approximate surface area is 145 Å². The Balaban J connectivity index is 1.61. The first kappa shape index (κ1) is 15.1. The van der Waals surface area contributed by atoms with Crippen LogP contribution in [0.5, 0.6) is 0 Å². The number of aromatic nitrogens is 1. The summed E-state index contributed by atoms with van der Waals surface area (Å²) >= 11 is 3.33. The molecule has 124 valence electrons. The summed E-state index contributed by atoms with van der Waals surface area (Å²) in [4.78, 5) is 39.7. The maximum absolute atomic E-state index is 11.8. The van der Waals surface area contributed by atoms with Gasteiger partial charge in [-0.05, 0) is 22.0 Å². The number of carbonyl (C=O) groups excluding carboxylic acids is 2. The van der Waals surface area contributed by atoms with Crippen molar-refractivity contribution in [3.8, 4) is 0 Å². The zero-order chi connectivity index (χ0) is 16.8. The lowest BCUT2D eigenvalue weighted by Crippen LogP contribution is -2.59. The number of amides is 2. The van der Waals surface area contributed by atoms with E-state index in [0.717, 1.165) is 5.69 Å². The second-order valence-electron chi connectivity index (χ2n) is 5.53. The van der Waals surface area contributed by atoms with Crippen LogP contribution in [0.1, 0.15) is 0 Å². The van der Waals surface area contributed by atoms with Crippen LogP contribution in [0.3, 0.4) is 0 Å². The molecular formula is C14H13BrN6O3. The van der Waals surface area contributed by atoms with Crippen molar-refractivity contribution >= 4 is 51.0 Å². The van der Waals surface area contributed by atoms with Crippen LogP contribution in [0, 0.1) is 0 Å². The second kappa shape index (κ2) is 5.55. The lowest BCUT2D eigenvalue weighted by atomic mass is 10.1. The molecule has 2 amide bonds. The highest BCUT2D eigenvalue weighted by molar-refractivity contribution is 9.10. The number of hydrogen-bond acceptors (Lipinski definition) is 7. The van der Waals surface area contributed by atoms with Crippen molar-refractivity contribution in [2.45, 2.75) is 6.10 Å². The summed E-state index contributed by atoms with van der Waals surface area (Å²) in [5.41, 5.74) is 1.47. The van der Waals surface area contributed by atoms with E-state index in [1.165, 1.54) is 7.05 Å². The topological polar surface area (TPSA) is 99.5 Å². The highest BCUT2D eigenvalue weighted by Gasteiger charge is 2.41. The van der Waals surface area contributed by atoms with Gasteiger partial charge in [0.05, 0.1) is 25.0 Å². The van der Waals surface area contributed by atoms with Crippen LogP contribution < -0.4 is 10.2 Å². The summed E-state index contributed by atoms with van der Waals surface area (Å²) in [6, 6.07) is 1.82. The molecule has 10 heteroatoms. The number of pyridine rings is 1. The molecule has 1 aromatic rings. The third kappa shape index (κ3) is 2.42. The smallest absolute Gasteiger partial charge is 0.407 e. The van der Waals surface area contributed by atoms with Crippen LogP contribution in [0.2, 0.25) is 0 Å². The zero-order valence-electron chi connectivity index (χ0n) is 12.7. The molecule has 4 rings (SSSR count). The van der Waals surface area contributed by atoms with Crippen molar-refractivity contribution in [1.82, 2.24) is 15.2 Å². The minimum absolute atomic E-state index is 0.184. The number of hydrogen-bond donors (Lipinski definition) is 1. The summed E-state index contributed by atoms with van der Waals surface area (Å²) in [6.07, 6.45) is 0.986. The molecule has 1 saturated heterocycles. The number of likely N-dealkylation sites (tertiary alicyclic amines) is 1. The molecule has 9 nitrogen and oxygen atoms in total. The fraction of sp³-hybridized carbons (Fsp3) is 0.357. The normalized spacial score (nSPS) is 19.2. The summed E-state index contributed by atoms with van der Waals surface area (Å²) in [5, 5.41) is 2.42. The Morgan fingerprint density at radius 1 is 1.38 bits per heavy atom. The predicted octanol–water partition coefficient (Wildman–Crippen LogP) is 0.673. The zero-order valence-corrected chi connectivity index (χ0v) is 14.3. The molecule has 0 unspecified atom stereocenters. The van der Waals surface area contributed by atoms with Gasteiger partial charge in [-0.3, -0.25) is 4.79 Å². The van der Waals surface area contributed by atoms with E-state index in [2.05, 4.69) is 36.2 Å². The summed E-state index contributed by atoms with van der Waals surface area (Å²) in [5.74, 6) is 0.926. The maximum Gasteiger partial charge on any atom is 0.407 e. The van der Waals surface area contributed by atoms with E-state index in [-0.39, 0.29) is 18.6 Å². The lowest BCUT2D eigenvalue weighted by Gasteiger charge is -2.42. The van der Waals surface area contributed by atoms with Crippen molar-refractivity contribution in [3.63, 3.8) is 0 Å². The minimum Gasteiger partial charge on any atom is -0.442 e. The van der Waals surface area contributed by atoms with Crippen LogP contribution in [-0.4, -0.2) is 66.3 Å². The molecule has 0 saturated carbocycles. The Morgan fingerprint density at radius 3 is 2.92 bits per heavy atom. The van der Waals surface area contributed by atoms with Crippen LogP contribution in [-0.2, 0) is 9.53 Å². The molecule has 0 radical (unpaired) electrons. The average molecular weight is 393 g/mol. The van der Waals surface area contributed by atoms with Gasteiger partial charge in [-0.25, -0.2) is 14.8 Å². The van der Waals surface area contributed by atoms with Crippen LogP contribution in [0.4, 0.5) is 16.2 Å². The van der Waals surface area contributed by atoms with Crippen molar-refractivity contribution in [2.24, 2.45) is 9.98 Å². The van der Waals surface area contributed by atoms with Crippen LogP contribution >= 0.6 is 15.9 Å². The third-order valence-electron chi connectivity index (χ3n) is 3.95.